The van der Waals surface area contributed by atoms with Gasteiger partial charge in [0.25, 0.3) is 0 Å². The molecule has 4 rings (SSSR count). The van der Waals surface area contributed by atoms with Crippen LogP contribution in [0, 0.1) is 11.7 Å². The fraction of sp³-hybridized carbons (Fsp3) is 0.308. The van der Waals surface area contributed by atoms with E-state index in [4.69, 9.17) is 0 Å². The monoisotopic (exact) mass is 417 g/mol. The molecule has 0 aliphatic carbocycles. The molecule has 160 valence electrons. The largest absolute Gasteiger partial charge is 0.347 e. The number of benzene rings is 2. The zero-order valence-corrected chi connectivity index (χ0v) is 17.6. The Morgan fingerprint density at radius 1 is 1.06 bits per heavy atom. The summed E-state index contributed by atoms with van der Waals surface area (Å²) < 4.78 is 14.2. The summed E-state index contributed by atoms with van der Waals surface area (Å²) in [5.41, 5.74) is 2.58. The normalized spacial score (nSPS) is 17.8. The summed E-state index contributed by atoms with van der Waals surface area (Å²) in [6, 6.07) is 22.4. The standard InChI is InChI=1S/C26H28FN3O/c27-23-13-5-4-11-21(23)18-30-16-8-12-22(19-30)26(24-14-6-7-15-28-24)29-25(31)17-20-9-2-1-3-10-20/h1-7,9-11,13-15,22,26H,8,12,16-19H2,(H,29,31)/t22-,26-/m0/s1. The Morgan fingerprint density at radius 2 is 1.84 bits per heavy atom. The van der Waals surface area contributed by atoms with Gasteiger partial charge in [-0.15, -0.1) is 0 Å². The summed E-state index contributed by atoms with van der Waals surface area (Å²) in [6.45, 7) is 2.30. The molecule has 2 heterocycles. The van der Waals surface area contributed by atoms with E-state index in [0.29, 0.717) is 18.5 Å². The first-order valence-electron chi connectivity index (χ1n) is 10.9. The van der Waals surface area contributed by atoms with E-state index in [1.165, 1.54) is 6.07 Å². The third-order valence-electron chi connectivity index (χ3n) is 5.90. The molecular weight excluding hydrogens is 389 g/mol. The van der Waals surface area contributed by atoms with Crippen LogP contribution in [0.2, 0.25) is 0 Å². The number of nitrogens with one attached hydrogen (secondary N) is 1. The number of carbonyl (C=O) groups is 1. The Morgan fingerprint density at radius 3 is 2.61 bits per heavy atom. The van der Waals surface area contributed by atoms with Gasteiger partial charge in [0.15, 0.2) is 0 Å². The van der Waals surface area contributed by atoms with E-state index in [0.717, 1.165) is 37.2 Å². The molecule has 0 bridgehead atoms. The van der Waals surface area contributed by atoms with E-state index in [1.807, 2.05) is 60.7 Å². The number of piperidine rings is 1. The summed E-state index contributed by atoms with van der Waals surface area (Å²) in [5.74, 6) is 0.0466. The van der Waals surface area contributed by atoms with Crippen molar-refractivity contribution in [2.75, 3.05) is 13.1 Å². The highest BCUT2D eigenvalue weighted by Gasteiger charge is 2.30. The second-order valence-electron chi connectivity index (χ2n) is 8.19. The Hall–Kier alpha value is -3.05. The van der Waals surface area contributed by atoms with Crippen molar-refractivity contribution in [1.29, 1.82) is 0 Å². The van der Waals surface area contributed by atoms with Gasteiger partial charge in [0, 0.05) is 24.8 Å². The Bertz CT molecular complexity index is 980. The second kappa shape index (κ2) is 10.3. The first-order chi connectivity index (χ1) is 15.2. The van der Waals surface area contributed by atoms with E-state index in [9.17, 15) is 9.18 Å². The minimum Gasteiger partial charge on any atom is -0.347 e. The van der Waals surface area contributed by atoms with Gasteiger partial charge in [-0.2, -0.15) is 0 Å². The molecule has 4 nitrogen and oxygen atoms in total. The minimum atomic E-state index is -0.166. The molecule has 1 aliphatic rings. The summed E-state index contributed by atoms with van der Waals surface area (Å²) >= 11 is 0. The Kier molecular flexibility index (Phi) is 7.05. The van der Waals surface area contributed by atoms with Crippen LogP contribution in [0.25, 0.3) is 0 Å². The van der Waals surface area contributed by atoms with E-state index in [2.05, 4.69) is 15.2 Å². The summed E-state index contributed by atoms with van der Waals surface area (Å²) in [6.07, 6.45) is 4.12. The molecule has 1 amide bonds. The van der Waals surface area contributed by atoms with Gasteiger partial charge < -0.3 is 5.32 Å². The molecule has 2 aromatic carbocycles. The molecule has 1 saturated heterocycles. The van der Waals surface area contributed by atoms with E-state index in [-0.39, 0.29) is 23.7 Å². The molecule has 0 saturated carbocycles. The van der Waals surface area contributed by atoms with Gasteiger partial charge in [0.05, 0.1) is 18.2 Å². The van der Waals surface area contributed by atoms with Gasteiger partial charge in [-0.3, -0.25) is 14.7 Å². The van der Waals surface area contributed by atoms with Crippen LogP contribution >= 0.6 is 0 Å². The molecule has 3 aromatic rings. The van der Waals surface area contributed by atoms with Gasteiger partial charge in [-0.25, -0.2) is 4.39 Å². The van der Waals surface area contributed by atoms with Crippen molar-refractivity contribution >= 4 is 5.91 Å². The third-order valence-corrected chi connectivity index (χ3v) is 5.90. The number of halogens is 1. The number of likely N-dealkylation sites (tertiary alicyclic amines) is 1. The summed E-state index contributed by atoms with van der Waals surface area (Å²) in [7, 11) is 0. The van der Waals surface area contributed by atoms with Gasteiger partial charge >= 0.3 is 0 Å². The first kappa shape index (κ1) is 21.2. The van der Waals surface area contributed by atoms with Crippen LogP contribution in [0.1, 0.15) is 35.7 Å². The second-order valence-corrected chi connectivity index (χ2v) is 8.19. The lowest BCUT2D eigenvalue weighted by Crippen LogP contribution is -2.43. The van der Waals surface area contributed by atoms with E-state index < -0.39 is 0 Å². The number of hydrogen-bond donors (Lipinski definition) is 1. The first-order valence-corrected chi connectivity index (χ1v) is 10.9. The average Bonchev–Trinajstić information content (AvgIpc) is 2.80. The van der Waals surface area contributed by atoms with Crippen molar-refractivity contribution in [3.05, 3.63) is 102 Å². The fourth-order valence-electron chi connectivity index (χ4n) is 4.37. The fourth-order valence-corrected chi connectivity index (χ4v) is 4.37. The summed E-state index contributed by atoms with van der Waals surface area (Å²) in [4.78, 5) is 19.7. The quantitative estimate of drug-likeness (QED) is 0.614. The predicted octanol–water partition coefficient (Wildman–Crippen LogP) is 4.53. The SMILES string of the molecule is O=C(Cc1ccccc1)N[C@H](c1ccccn1)[C@H]1CCCN(Cc2ccccc2F)C1. The number of nitrogens with zero attached hydrogens (tertiary/aromatic N) is 2. The summed E-state index contributed by atoms with van der Waals surface area (Å²) in [5, 5.41) is 3.25. The van der Waals surface area contributed by atoms with Crippen LogP contribution in [0.5, 0.6) is 0 Å². The van der Waals surface area contributed by atoms with Gasteiger partial charge in [-0.1, -0.05) is 54.6 Å². The van der Waals surface area contributed by atoms with Crippen LogP contribution in [0.15, 0.2) is 79.0 Å². The highest BCUT2D eigenvalue weighted by molar-refractivity contribution is 5.79. The van der Waals surface area contributed by atoms with Crippen molar-refractivity contribution in [2.24, 2.45) is 5.92 Å². The lowest BCUT2D eigenvalue weighted by atomic mass is 9.88. The van der Waals surface area contributed by atoms with Crippen LogP contribution in [0.4, 0.5) is 4.39 Å². The number of carbonyl (C=O) groups excluding carboxylic acids is 1. The maximum Gasteiger partial charge on any atom is 0.224 e. The molecule has 31 heavy (non-hydrogen) atoms. The maximum atomic E-state index is 14.2. The molecule has 0 spiro atoms. The van der Waals surface area contributed by atoms with Crippen LogP contribution < -0.4 is 5.32 Å². The van der Waals surface area contributed by atoms with Crippen molar-refractivity contribution in [1.82, 2.24) is 15.2 Å². The van der Waals surface area contributed by atoms with Crippen molar-refractivity contribution in [3.63, 3.8) is 0 Å². The smallest absolute Gasteiger partial charge is 0.224 e. The molecule has 0 unspecified atom stereocenters. The maximum absolute atomic E-state index is 14.2. The molecule has 2 atom stereocenters. The highest BCUT2D eigenvalue weighted by atomic mass is 19.1. The van der Waals surface area contributed by atoms with E-state index in [1.54, 1.807) is 12.3 Å². The zero-order valence-electron chi connectivity index (χ0n) is 17.6. The average molecular weight is 418 g/mol. The third kappa shape index (κ3) is 5.76. The molecule has 1 aromatic heterocycles. The molecule has 1 N–H and O–H groups in total. The topological polar surface area (TPSA) is 45.2 Å². The molecule has 5 heteroatoms. The number of rotatable bonds is 7. The zero-order chi connectivity index (χ0) is 21.5. The highest BCUT2D eigenvalue weighted by Crippen LogP contribution is 2.30. The number of aromatic nitrogens is 1. The molecular formula is C26H28FN3O. The van der Waals surface area contributed by atoms with Gasteiger partial charge in [0.2, 0.25) is 5.91 Å². The minimum absolute atomic E-state index is 0.00641. The molecule has 0 radical (unpaired) electrons. The van der Waals surface area contributed by atoms with Crippen molar-refractivity contribution < 1.29 is 9.18 Å². The van der Waals surface area contributed by atoms with Crippen LogP contribution in [-0.4, -0.2) is 28.9 Å². The number of pyridine rings is 1. The Labute approximate surface area is 183 Å². The van der Waals surface area contributed by atoms with Crippen molar-refractivity contribution in [3.8, 4) is 0 Å². The Balaban J connectivity index is 1.48. The van der Waals surface area contributed by atoms with Gasteiger partial charge in [-0.05, 0) is 49.1 Å². The van der Waals surface area contributed by atoms with Crippen LogP contribution in [-0.2, 0) is 17.8 Å². The van der Waals surface area contributed by atoms with Crippen molar-refractivity contribution in [2.45, 2.75) is 31.8 Å². The lowest BCUT2D eigenvalue weighted by Gasteiger charge is -2.37. The molecule has 1 fully saturated rings. The van der Waals surface area contributed by atoms with Crippen LogP contribution in [0.3, 0.4) is 0 Å². The predicted molar refractivity (Wildman–Crippen MR) is 120 cm³/mol. The molecule has 1 aliphatic heterocycles. The van der Waals surface area contributed by atoms with Gasteiger partial charge in [0.1, 0.15) is 5.82 Å². The van der Waals surface area contributed by atoms with E-state index >= 15 is 0 Å². The lowest BCUT2D eigenvalue weighted by molar-refractivity contribution is -0.121. The number of amides is 1. The number of hydrogen-bond acceptors (Lipinski definition) is 3.